The highest BCUT2D eigenvalue weighted by Gasteiger charge is 2.39. The van der Waals surface area contributed by atoms with Crippen LogP contribution in [0.4, 0.5) is 5.69 Å². The van der Waals surface area contributed by atoms with Gasteiger partial charge >= 0.3 is 0 Å². The molecule has 7 nitrogen and oxygen atoms in total. The molecule has 29 heavy (non-hydrogen) atoms. The first-order chi connectivity index (χ1) is 14.1. The molecule has 0 aromatic heterocycles. The van der Waals surface area contributed by atoms with Gasteiger partial charge in [0.15, 0.2) is 11.5 Å². The van der Waals surface area contributed by atoms with Crippen LogP contribution in [0.3, 0.4) is 0 Å². The van der Waals surface area contributed by atoms with E-state index >= 15 is 0 Å². The number of anilines is 1. The summed E-state index contributed by atoms with van der Waals surface area (Å²) >= 11 is 0. The molecule has 0 fully saturated rings. The van der Waals surface area contributed by atoms with Gasteiger partial charge in [-0.05, 0) is 24.6 Å². The number of amides is 2. The van der Waals surface area contributed by atoms with E-state index in [9.17, 15) is 9.59 Å². The number of hydrogen-bond acceptors (Lipinski definition) is 6. The van der Waals surface area contributed by atoms with Gasteiger partial charge in [0.05, 0.1) is 12.7 Å². The van der Waals surface area contributed by atoms with Gasteiger partial charge in [-0.25, -0.2) is 0 Å². The molecule has 2 aliphatic rings. The van der Waals surface area contributed by atoms with Crippen LogP contribution in [-0.4, -0.2) is 43.6 Å². The van der Waals surface area contributed by atoms with Crippen molar-refractivity contribution in [2.75, 3.05) is 32.2 Å². The van der Waals surface area contributed by atoms with Crippen molar-refractivity contribution in [3.05, 3.63) is 53.7 Å². The Kier molecular flexibility index (Phi) is 5.12. The molecule has 2 aliphatic heterocycles. The number of nitrogens with zero attached hydrogens (tertiary/aromatic N) is 1. The Labute approximate surface area is 168 Å². The van der Waals surface area contributed by atoms with Crippen molar-refractivity contribution in [2.45, 2.75) is 13.3 Å². The van der Waals surface area contributed by atoms with Gasteiger partial charge in [-0.1, -0.05) is 25.1 Å². The molecule has 0 spiro atoms. The van der Waals surface area contributed by atoms with E-state index in [4.69, 9.17) is 14.2 Å². The van der Waals surface area contributed by atoms with Crippen LogP contribution in [0.5, 0.6) is 17.2 Å². The van der Waals surface area contributed by atoms with Gasteiger partial charge in [-0.2, -0.15) is 0 Å². The van der Waals surface area contributed by atoms with Crippen LogP contribution in [0.25, 0.3) is 5.57 Å². The van der Waals surface area contributed by atoms with Crippen LogP contribution in [-0.2, 0) is 9.59 Å². The summed E-state index contributed by atoms with van der Waals surface area (Å²) in [6.45, 7) is 3.24. The SMILES string of the molecule is CCCN1C(=O)C(Nc2ccc3c(c2)OCCO3)=C(c2ccccc2OC)C1=O. The van der Waals surface area contributed by atoms with E-state index in [1.54, 1.807) is 37.4 Å². The predicted molar refractivity (Wildman–Crippen MR) is 108 cm³/mol. The molecule has 150 valence electrons. The summed E-state index contributed by atoms with van der Waals surface area (Å²) in [4.78, 5) is 27.5. The van der Waals surface area contributed by atoms with Crippen LogP contribution in [0.15, 0.2) is 48.2 Å². The molecule has 4 rings (SSSR count). The predicted octanol–water partition coefficient (Wildman–Crippen LogP) is 3.07. The summed E-state index contributed by atoms with van der Waals surface area (Å²) < 4.78 is 16.6. The number of hydrogen-bond donors (Lipinski definition) is 1. The highest BCUT2D eigenvalue weighted by molar-refractivity contribution is 6.37. The number of ether oxygens (including phenoxy) is 3. The summed E-state index contributed by atoms with van der Waals surface area (Å²) in [5, 5.41) is 3.14. The van der Waals surface area contributed by atoms with Crippen molar-refractivity contribution >= 4 is 23.1 Å². The van der Waals surface area contributed by atoms with Crippen LogP contribution < -0.4 is 19.5 Å². The third-order valence-electron chi connectivity index (χ3n) is 4.80. The second-order valence-electron chi connectivity index (χ2n) is 6.70. The Balaban J connectivity index is 1.78. The second-order valence-corrected chi connectivity index (χ2v) is 6.70. The topological polar surface area (TPSA) is 77.1 Å². The Bertz CT molecular complexity index is 998. The molecular weight excluding hydrogens is 372 g/mol. The van der Waals surface area contributed by atoms with E-state index < -0.39 is 0 Å². The maximum atomic E-state index is 13.1. The van der Waals surface area contributed by atoms with E-state index in [-0.39, 0.29) is 17.5 Å². The largest absolute Gasteiger partial charge is 0.496 e. The number of para-hydroxylation sites is 1. The first kappa shape index (κ1) is 18.9. The van der Waals surface area contributed by atoms with Gasteiger partial charge in [-0.3, -0.25) is 14.5 Å². The minimum Gasteiger partial charge on any atom is -0.496 e. The number of fused-ring (bicyclic) bond motifs is 1. The molecule has 7 heteroatoms. The minimum absolute atomic E-state index is 0.227. The number of benzene rings is 2. The fourth-order valence-corrected chi connectivity index (χ4v) is 3.49. The fraction of sp³-hybridized carbons (Fsp3) is 0.273. The lowest BCUT2D eigenvalue weighted by Gasteiger charge is -2.19. The maximum absolute atomic E-state index is 13.1. The zero-order valence-corrected chi connectivity index (χ0v) is 16.4. The molecule has 0 bridgehead atoms. The van der Waals surface area contributed by atoms with Gasteiger partial charge in [0.2, 0.25) is 0 Å². The number of imide groups is 1. The Morgan fingerprint density at radius 3 is 2.55 bits per heavy atom. The zero-order valence-electron chi connectivity index (χ0n) is 16.4. The Morgan fingerprint density at radius 2 is 1.79 bits per heavy atom. The lowest BCUT2D eigenvalue weighted by atomic mass is 10.0. The molecule has 0 radical (unpaired) electrons. The third kappa shape index (κ3) is 3.40. The third-order valence-corrected chi connectivity index (χ3v) is 4.80. The summed E-state index contributed by atoms with van der Waals surface area (Å²) in [5.74, 6) is 1.10. The number of methoxy groups -OCH3 is 1. The molecule has 0 unspecified atom stereocenters. The summed E-state index contributed by atoms with van der Waals surface area (Å²) in [6, 6.07) is 12.5. The van der Waals surface area contributed by atoms with Crippen molar-refractivity contribution in [1.82, 2.24) is 4.90 Å². The normalized spacial score (nSPS) is 15.7. The molecule has 2 aromatic rings. The van der Waals surface area contributed by atoms with Gasteiger partial charge in [0.25, 0.3) is 11.8 Å². The molecule has 0 saturated heterocycles. The van der Waals surface area contributed by atoms with Gasteiger partial charge in [0, 0.05) is 23.9 Å². The standard InChI is InChI=1S/C22H22N2O5/c1-3-10-24-21(25)19(15-6-4-5-7-16(15)27-2)20(22(24)26)23-14-8-9-17-18(13-14)29-12-11-28-17/h4-9,13,23H,3,10-12H2,1-2H3. The molecule has 2 amide bonds. The van der Waals surface area contributed by atoms with Crippen LogP contribution in [0.2, 0.25) is 0 Å². The molecule has 2 aromatic carbocycles. The molecule has 0 saturated carbocycles. The smallest absolute Gasteiger partial charge is 0.278 e. The van der Waals surface area contributed by atoms with Crippen molar-refractivity contribution in [3.63, 3.8) is 0 Å². The van der Waals surface area contributed by atoms with E-state index in [2.05, 4.69) is 5.32 Å². The van der Waals surface area contributed by atoms with E-state index in [0.29, 0.717) is 60.3 Å². The van der Waals surface area contributed by atoms with Crippen molar-refractivity contribution < 1.29 is 23.8 Å². The van der Waals surface area contributed by atoms with Crippen molar-refractivity contribution in [1.29, 1.82) is 0 Å². The van der Waals surface area contributed by atoms with E-state index in [1.807, 2.05) is 19.1 Å². The minimum atomic E-state index is -0.354. The van der Waals surface area contributed by atoms with Crippen LogP contribution in [0, 0.1) is 0 Å². The zero-order chi connectivity index (χ0) is 20.4. The monoisotopic (exact) mass is 394 g/mol. The summed E-state index contributed by atoms with van der Waals surface area (Å²) in [5.41, 5.74) is 1.74. The highest BCUT2D eigenvalue weighted by atomic mass is 16.6. The lowest BCUT2D eigenvalue weighted by Crippen LogP contribution is -2.33. The molecule has 2 heterocycles. The van der Waals surface area contributed by atoms with Gasteiger partial charge < -0.3 is 19.5 Å². The van der Waals surface area contributed by atoms with E-state index in [1.165, 1.54) is 4.90 Å². The highest BCUT2D eigenvalue weighted by Crippen LogP contribution is 2.37. The molecule has 0 aliphatic carbocycles. The van der Waals surface area contributed by atoms with Crippen LogP contribution in [0.1, 0.15) is 18.9 Å². The summed E-state index contributed by atoms with van der Waals surface area (Å²) in [6.07, 6.45) is 0.675. The number of nitrogens with one attached hydrogen (secondary N) is 1. The first-order valence-electron chi connectivity index (χ1n) is 9.54. The van der Waals surface area contributed by atoms with Crippen LogP contribution >= 0.6 is 0 Å². The van der Waals surface area contributed by atoms with Gasteiger partial charge in [-0.15, -0.1) is 0 Å². The number of carbonyl (C=O) groups is 2. The molecular formula is C22H22N2O5. The molecule has 0 atom stereocenters. The van der Waals surface area contributed by atoms with Crippen molar-refractivity contribution in [2.24, 2.45) is 0 Å². The van der Waals surface area contributed by atoms with Gasteiger partial charge in [0.1, 0.15) is 24.7 Å². The molecule has 1 N–H and O–H groups in total. The lowest BCUT2D eigenvalue weighted by molar-refractivity contribution is -0.136. The maximum Gasteiger partial charge on any atom is 0.278 e. The first-order valence-corrected chi connectivity index (χ1v) is 9.54. The quantitative estimate of drug-likeness (QED) is 0.759. The van der Waals surface area contributed by atoms with Crippen molar-refractivity contribution in [3.8, 4) is 17.2 Å². The second kappa shape index (κ2) is 7.87. The average molecular weight is 394 g/mol. The van der Waals surface area contributed by atoms with E-state index in [0.717, 1.165) is 0 Å². The Hall–Kier alpha value is -3.48. The Morgan fingerprint density at radius 1 is 1.03 bits per heavy atom. The number of rotatable bonds is 6. The average Bonchev–Trinajstić information content (AvgIpc) is 2.98. The summed E-state index contributed by atoms with van der Waals surface area (Å²) in [7, 11) is 1.54. The number of carbonyl (C=O) groups excluding carboxylic acids is 2. The fourth-order valence-electron chi connectivity index (χ4n) is 3.49.